The highest BCUT2D eigenvalue weighted by molar-refractivity contribution is 6.35. The molecule has 0 bridgehead atoms. The van der Waals surface area contributed by atoms with Crippen LogP contribution in [-0.4, -0.2) is 30.5 Å². The number of rotatable bonds is 11. The molecule has 200 valence electrons. The van der Waals surface area contributed by atoms with Crippen molar-refractivity contribution in [3.05, 3.63) is 104 Å². The molecule has 0 amide bonds. The highest BCUT2D eigenvalue weighted by Gasteiger charge is 2.55. The third kappa shape index (κ3) is 7.21. The van der Waals surface area contributed by atoms with Crippen LogP contribution in [0.4, 0.5) is 0 Å². The second-order valence-electron chi connectivity index (χ2n) is 9.20. The first-order chi connectivity index (χ1) is 18.3. The fraction of sp³-hybridized carbons (Fsp3) is 0.345. The summed E-state index contributed by atoms with van der Waals surface area (Å²) < 4.78 is 25.3. The monoisotopic (exact) mass is 593 g/mol. The summed E-state index contributed by atoms with van der Waals surface area (Å²) in [6.45, 7) is 2.91. The minimum absolute atomic E-state index is 0.131. The molecule has 4 rings (SSSR count). The lowest BCUT2D eigenvalue weighted by Gasteiger charge is -2.35. The smallest absolute Gasteiger partial charge is 0.122 e. The van der Waals surface area contributed by atoms with Crippen LogP contribution in [0.3, 0.4) is 0 Å². The number of nitrogens with zero attached hydrogens (tertiary/aromatic N) is 1. The van der Waals surface area contributed by atoms with Crippen LogP contribution >= 0.6 is 46.4 Å². The van der Waals surface area contributed by atoms with Gasteiger partial charge in [-0.15, -0.1) is 0 Å². The van der Waals surface area contributed by atoms with E-state index in [9.17, 15) is 5.26 Å². The molecule has 0 N–H and O–H groups in total. The van der Waals surface area contributed by atoms with Gasteiger partial charge in [0.15, 0.2) is 0 Å². The highest BCUT2D eigenvalue weighted by atomic mass is 35.5. The van der Waals surface area contributed by atoms with E-state index in [4.69, 9.17) is 65.4 Å². The molecule has 9 heteroatoms. The van der Waals surface area contributed by atoms with Gasteiger partial charge in [0.2, 0.25) is 0 Å². The van der Waals surface area contributed by atoms with Gasteiger partial charge >= 0.3 is 0 Å². The van der Waals surface area contributed by atoms with Crippen molar-refractivity contribution in [2.24, 2.45) is 0 Å². The minimum Gasteiger partial charge on any atom is -0.374 e. The normalized spacial score (nSPS) is 22.9. The zero-order valence-corrected chi connectivity index (χ0v) is 23.7. The summed E-state index contributed by atoms with van der Waals surface area (Å²) in [6.07, 6.45) is -1.47. The van der Waals surface area contributed by atoms with Crippen molar-refractivity contribution >= 4 is 46.4 Å². The van der Waals surface area contributed by atoms with Crippen molar-refractivity contribution in [3.63, 3.8) is 0 Å². The number of hydrogen-bond acceptors (Lipinski definition) is 5. The summed E-state index contributed by atoms with van der Waals surface area (Å²) in [5.74, 6) is 0. The van der Waals surface area contributed by atoms with E-state index in [0.29, 0.717) is 26.7 Å². The Morgan fingerprint density at radius 1 is 0.868 bits per heavy atom. The van der Waals surface area contributed by atoms with Gasteiger partial charge < -0.3 is 18.9 Å². The van der Waals surface area contributed by atoms with Crippen molar-refractivity contribution in [2.45, 2.75) is 57.1 Å². The molecular weight excluding hydrogens is 568 g/mol. The minimum atomic E-state index is -0.934. The Kier molecular flexibility index (Phi) is 10.3. The molecule has 0 saturated carbocycles. The summed E-state index contributed by atoms with van der Waals surface area (Å²) >= 11 is 24.8. The SMILES string of the molecule is CC1(OCc2ccccc2)C(CC#N)OC(COCc2ccc(Cl)cc2Cl)C1OCc1ccc(Cl)cc1Cl. The Morgan fingerprint density at radius 3 is 2.11 bits per heavy atom. The van der Waals surface area contributed by atoms with Gasteiger partial charge in [-0.25, -0.2) is 0 Å². The van der Waals surface area contributed by atoms with E-state index < -0.39 is 23.9 Å². The number of ether oxygens (including phenoxy) is 4. The highest BCUT2D eigenvalue weighted by Crippen LogP contribution is 2.40. The Bertz CT molecular complexity index is 1270. The number of halogens is 4. The van der Waals surface area contributed by atoms with E-state index in [1.807, 2.05) is 49.4 Å². The largest absolute Gasteiger partial charge is 0.374 e. The van der Waals surface area contributed by atoms with Crippen molar-refractivity contribution in [1.82, 2.24) is 0 Å². The molecule has 1 heterocycles. The fourth-order valence-electron chi connectivity index (χ4n) is 4.43. The first-order valence-electron chi connectivity index (χ1n) is 12.1. The summed E-state index contributed by atoms with van der Waals surface area (Å²) in [6, 6.07) is 22.6. The molecule has 0 aliphatic carbocycles. The first kappa shape index (κ1) is 29.1. The molecule has 0 spiro atoms. The average molecular weight is 595 g/mol. The van der Waals surface area contributed by atoms with E-state index in [0.717, 1.165) is 16.7 Å². The zero-order chi connectivity index (χ0) is 27.1. The number of benzene rings is 3. The summed E-state index contributed by atoms with van der Waals surface area (Å²) in [4.78, 5) is 0. The molecule has 3 aromatic rings. The van der Waals surface area contributed by atoms with Crippen LogP contribution in [0.5, 0.6) is 0 Å². The molecule has 1 aliphatic rings. The Balaban J connectivity index is 1.54. The molecule has 1 fully saturated rings. The van der Waals surface area contributed by atoms with E-state index in [-0.39, 0.29) is 26.2 Å². The van der Waals surface area contributed by atoms with Crippen LogP contribution in [0, 0.1) is 11.3 Å². The van der Waals surface area contributed by atoms with E-state index >= 15 is 0 Å². The molecule has 1 saturated heterocycles. The molecule has 0 aromatic heterocycles. The lowest BCUT2D eigenvalue weighted by atomic mass is 9.90. The summed E-state index contributed by atoms with van der Waals surface area (Å²) in [7, 11) is 0. The molecule has 0 radical (unpaired) electrons. The Labute approximate surface area is 243 Å². The van der Waals surface area contributed by atoms with Gasteiger partial charge in [-0.05, 0) is 47.9 Å². The third-order valence-corrected chi connectivity index (χ3v) is 7.71. The van der Waals surface area contributed by atoms with E-state index in [1.165, 1.54) is 0 Å². The van der Waals surface area contributed by atoms with Gasteiger partial charge in [0.1, 0.15) is 23.9 Å². The Morgan fingerprint density at radius 2 is 1.50 bits per heavy atom. The third-order valence-electron chi connectivity index (χ3n) is 6.54. The van der Waals surface area contributed by atoms with Crippen LogP contribution < -0.4 is 0 Å². The molecule has 3 aromatic carbocycles. The van der Waals surface area contributed by atoms with Crippen LogP contribution in [0.25, 0.3) is 0 Å². The first-order valence-corrected chi connectivity index (χ1v) is 13.6. The second-order valence-corrected chi connectivity index (χ2v) is 10.9. The lowest BCUT2D eigenvalue weighted by Crippen LogP contribution is -2.49. The summed E-state index contributed by atoms with van der Waals surface area (Å²) in [5.41, 5.74) is 1.64. The average Bonchev–Trinajstić information content (AvgIpc) is 3.15. The van der Waals surface area contributed by atoms with Gasteiger partial charge in [0, 0.05) is 20.1 Å². The topological polar surface area (TPSA) is 60.7 Å². The van der Waals surface area contributed by atoms with Gasteiger partial charge in [-0.2, -0.15) is 5.26 Å². The molecule has 4 unspecified atom stereocenters. The predicted octanol–water partition coefficient (Wildman–Crippen LogP) is 8.06. The van der Waals surface area contributed by atoms with Gasteiger partial charge in [-0.1, -0.05) is 88.9 Å². The van der Waals surface area contributed by atoms with Crippen molar-refractivity contribution in [3.8, 4) is 6.07 Å². The van der Waals surface area contributed by atoms with Crippen molar-refractivity contribution in [1.29, 1.82) is 5.26 Å². The maximum atomic E-state index is 9.55. The molecule has 4 atom stereocenters. The van der Waals surface area contributed by atoms with E-state index in [2.05, 4.69) is 6.07 Å². The van der Waals surface area contributed by atoms with Crippen LogP contribution in [0.15, 0.2) is 66.7 Å². The summed E-state index contributed by atoms with van der Waals surface area (Å²) in [5, 5.41) is 11.7. The molecule has 1 aliphatic heterocycles. The van der Waals surface area contributed by atoms with Crippen molar-refractivity contribution < 1.29 is 18.9 Å². The van der Waals surface area contributed by atoms with Crippen LogP contribution in [0.1, 0.15) is 30.0 Å². The fourth-order valence-corrected chi connectivity index (χ4v) is 5.36. The predicted molar refractivity (Wildman–Crippen MR) is 150 cm³/mol. The number of nitriles is 1. The molecular formula is C29H27Cl4NO4. The molecule has 5 nitrogen and oxygen atoms in total. The van der Waals surface area contributed by atoms with Gasteiger partial charge in [-0.3, -0.25) is 0 Å². The van der Waals surface area contributed by atoms with Gasteiger partial charge in [0.05, 0.1) is 38.9 Å². The standard InChI is InChI=1S/C29H27Cl4NO4/c1-29(37-15-19-5-3-2-4-6-19)27(11-12-34)38-26(18-35-16-20-7-9-22(30)13-24(20)32)28(29)36-17-21-8-10-23(31)14-25(21)33/h2-10,13-14,26-28H,11,15-18H2,1H3. The molecule has 38 heavy (non-hydrogen) atoms. The maximum absolute atomic E-state index is 9.55. The van der Waals surface area contributed by atoms with Crippen LogP contribution in [0.2, 0.25) is 20.1 Å². The maximum Gasteiger partial charge on any atom is 0.122 e. The van der Waals surface area contributed by atoms with Gasteiger partial charge in [0.25, 0.3) is 0 Å². The Hall–Kier alpha value is -1.85. The lowest BCUT2D eigenvalue weighted by molar-refractivity contribution is -0.145. The van der Waals surface area contributed by atoms with E-state index in [1.54, 1.807) is 24.3 Å². The second kappa shape index (κ2) is 13.5. The number of hydrogen-bond donors (Lipinski definition) is 0. The van der Waals surface area contributed by atoms with Crippen LogP contribution in [-0.2, 0) is 38.8 Å². The van der Waals surface area contributed by atoms with Crippen molar-refractivity contribution in [2.75, 3.05) is 6.61 Å². The zero-order valence-electron chi connectivity index (χ0n) is 20.7. The quantitative estimate of drug-likeness (QED) is 0.225.